The van der Waals surface area contributed by atoms with Crippen LogP contribution in [0.15, 0.2) is 10.2 Å². The van der Waals surface area contributed by atoms with Crippen LogP contribution < -0.4 is 11.5 Å². The van der Waals surface area contributed by atoms with Crippen molar-refractivity contribution in [2.45, 2.75) is 90.1 Å². The highest BCUT2D eigenvalue weighted by Crippen LogP contribution is 2.25. The van der Waals surface area contributed by atoms with Crippen LogP contribution in [-0.2, 0) is 0 Å². The Kier molecular flexibility index (Phi) is 8.90. The number of nitrogens with one attached hydrogen (secondary N) is 2. The first-order valence-corrected chi connectivity index (χ1v) is 8.35. The lowest BCUT2D eigenvalue weighted by Crippen LogP contribution is -2.42. The highest BCUT2D eigenvalue weighted by atomic mass is 15.2. The zero-order valence-electron chi connectivity index (χ0n) is 14.7. The van der Waals surface area contributed by atoms with Gasteiger partial charge in [0.25, 0.3) is 0 Å². The monoisotopic (exact) mass is 310 g/mol. The standard InChI is InChI=1S/C16H34N6/c1-5-7-9-11-15(3,13(17)18)21-22-16(4,14(19)20)12-10-8-6-2/h5-12H2,1-4H3,(H3,17,18)(H3,19,20). The molecule has 0 spiro atoms. The molecule has 0 bridgehead atoms. The fourth-order valence-electron chi connectivity index (χ4n) is 2.14. The van der Waals surface area contributed by atoms with E-state index in [0.29, 0.717) is 12.8 Å². The summed E-state index contributed by atoms with van der Waals surface area (Å²) in [6, 6.07) is 0. The zero-order valence-corrected chi connectivity index (χ0v) is 14.7. The Morgan fingerprint density at radius 1 is 0.773 bits per heavy atom. The summed E-state index contributed by atoms with van der Waals surface area (Å²) in [5.74, 6) is 0.0404. The molecule has 6 N–H and O–H groups in total. The smallest absolute Gasteiger partial charge is 0.135 e. The second-order valence-electron chi connectivity index (χ2n) is 6.49. The van der Waals surface area contributed by atoms with Crippen LogP contribution in [0.2, 0.25) is 0 Å². The van der Waals surface area contributed by atoms with Gasteiger partial charge < -0.3 is 11.5 Å². The van der Waals surface area contributed by atoms with Gasteiger partial charge >= 0.3 is 0 Å². The van der Waals surface area contributed by atoms with E-state index in [2.05, 4.69) is 24.1 Å². The summed E-state index contributed by atoms with van der Waals surface area (Å²) in [4.78, 5) is 0. The van der Waals surface area contributed by atoms with Gasteiger partial charge in [0.05, 0.1) is 0 Å². The predicted octanol–water partition coefficient (Wildman–Crippen LogP) is 3.99. The highest BCUT2D eigenvalue weighted by molar-refractivity contribution is 5.88. The third kappa shape index (κ3) is 6.54. The Bertz CT molecular complexity index is 356. The Balaban J connectivity index is 5.06. The highest BCUT2D eigenvalue weighted by Gasteiger charge is 2.32. The van der Waals surface area contributed by atoms with Crippen molar-refractivity contribution in [3.63, 3.8) is 0 Å². The first-order valence-electron chi connectivity index (χ1n) is 8.35. The van der Waals surface area contributed by atoms with E-state index in [9.17, 15) is 0 Å². The Labute approximate surface area is 135 Å². The van der Waals surface area contributed by atoms with Gasteiger partial charge in [0.2, 0.25) is 0 Å². The van der Waals surface area contributed by atoms with Gasteiger partial charge in [0.1, 0.15) is 22.7 Å². The molecule has 0 aliphatic rings. The number of hydrogen-bond acceptors (Lipinski definition) is 4. The molecule has 22 heavy (non-hydrogen) atoms. The first kappa shape index (κ1) is 20.5. The number of unbranched alkanes of at least 4 members (excludes halogenated alkanes) is 4. The largest absolute Gasteiger partial charge is 0.386 e. The van der Waals surface area contributed by atoms with Crippen molar-refractivity contribution in [1.29, 1.82) is 10.8 Å². The van der Waals surface area contributed by atoms with Gasteiger partial charge in [-0.05, 0) is 26.7 Å². The van der Waals surface area contributed by atoms with Crippen LogP contribution in [0.1, 0.15) is 79.1 Å². The molecule has 2 atom stereocenters. The lowest BCUT2D eigenvalue weighted by molar-refractivity contribution is 0.441. The number of azo groups is 1. The molecule has 2 unspecified atom stereocenters. The van der Waals surface area contributed by atoms with Gasteiger partial charge in [0, 0.05) is 0 Å². The molecule has 6 nitrogen and oxygen atoms in total. The predicted molar refractivity (Wildman–Crippen MR) is 93.8 cm³/mol. The SMILES string of the molecule is CCCCCC(C)(N=NC(C)(CCCCC)C(=N)N)C(=N)N. The molecule has 0 aromatic heterocycles. The number of nitrogens with zero attached hydrogens (tertiary/aromatic N) is 2. The summed E-state index contributed by atoms with van der Waals surface area (Å²) in [6.45, 7) is 7.93. The fraction of sp³-hybridized carbons (Fsp3) is 0.875. The van der Waals surface area contributed by atoms with Crippen LogP contribution in [-0.4, -0.2) is 22.7 Å². The lowest BCUT2D eigenvalue weighted by atomic mass is 9.93. The minimum Gasteiger partial charge on any atom is -0.386 e. The minimum absolute atomic E-state index is 0.0202. The molecular formula is C16H34N6. The molecule has 6 heteroatoms. The quantitative estimate of drug-likeness (QED) is 0.188. The maximum absolute atomic E-state index is 7.81. The molecule has 0 saturated heterocycles. The van der Waals surface area contributed by atoms with E-state index < -0.39 is 11.1 Å². The molecule has 0 radical (unpaired) electrons. The van der Waals surface area contributed by atoms with Gasteiger partial charge in [-0.3, -0.25) is 10.8 Å². The third-order valence-corrected chi connectivity index (χ3v) is 4.19. The summed E-state index contributed by atoms with van der Waals surface area (Å²) in [7, 11) is 0. The second-order valence-corrected chi connectivity index (χ2v) is 6.49. The van der Waals surface area contributed by atoms with Crippen LogP contribution in [0.4, 0.5) is 0 Å². The van der Waals surface area contributed by atoms with E-state index in [0.717, 1.165) is 38.5 Å². The van der Waals surface area contributed by atoms with Crippen LogP contribution in [0.5, 0.6) is 0 Å². The molecule has 0 amide bonds. The molecule has 0 heterocycles. The van der Waals surface area contributed by atoms with E-state index in [1.54, 1.807) is 0 Å². The summed E-state index contributed by atoms with van der Waals surface area (Å²) < 4.78 is 0. The maximum Gasteiger partial charge on any atom is 0.135 e. The Hall–Kier alpha value is -1.46. The molecular weight excluding hydrogens is 276 g/mol. The van der Waals surface area contributed by atoms with E-state index in [4.69, 9.17) is 22.3 Å². The van der Waals surface area contributed by atoms with Crippen LogP contribution in [0.3, 0.4) is 0 Å². The topological polar surface area (TPSA) is 124 Å². The van der Waals surface area contributed by atoms with Crippen LogP contribution in [0.25, 0.3) is 0 Å². The molecule has 0 saturated carbocycles. The van der Waals surface area contributed by atoms with Crippen molar-refractivity contribution < 1.29 is 0 Å². The Morgan fingerprint density at radius 3 is 1.32 bits per heavy atom. The summed E-state index contributed by atoms with van der Waals surface area (Å²) in [5, 5.41) is 24.3. The average molecular weight is 310 g/mol. The molecule has 0 aromatic carbocycles. The molecule has 0 aliphatic carbocycles. The average Bonchev–Trinajstić information content (AvgIpc) is 2.45. The Morgan fingerprint density at radius 2 is 1.09 bits per heavy atom. The van der Waals surface area contributed by atoms with Crippen molar-refractivity contribution in [1.82, 2.24) is 0 Å². The first-order chi connectivity index (χ1) is 10.2. The van der Waals surface area contributed by atoms with Gasteiger partial charge in [-0.25, -0.2) is 0 Å². The van der Waals surface area contributed by atoms with E-state index in [-0.39, 0.29) is 11.7 Å². The van der Waals surface area contributed by atoms with Crippen LogP contribution >= 0.6 is 0 Å². The van der Waals surface area contributed by atoms with Gasteiger partial charge in [-0.2, -0.15) is 10.2 Å². The zero-order chi connectivity index (χ0) is 17.2. The molecule has 0 rings (SSSR count). The molecule has 0 aliphatic heterocycles. The normalized spacial score (nSPS) is 17.1. The minimum atomic E-state index is -0.795. The van der Waals surface area contributed by atoms with Crippen molar-refractivity contribution in [2.75, 3.05) is 0 Å². The van der Waals surface area contributed by atoms with Gasteiger partial charge in [-0.1, -0.05) is 52.4 Å². The molecule has 0 fully saturated rings. The maximum atomic E-state index is 7.81. The van der Waals surface area contributed by atoms with E-state index >= 15 is 0 Å². The molecule has 0 aromatic rings. The number of amidine groups is 2. The summed E-state index contributed by atoms with van der Waals surface area (Å²) in [5.41, 5.74) is 9.86. The summed E-state index contributed by atoms with van der Waals surface area (Å²) >= 11 is 0. The summed E-state index contributed by atoms with van der Waals surface area (Å²) in [6.07, 6.45) is 7.68. The van der Waals surface area contributed by atoms with E-state index in [1.807, 2.05) is 13.8 Å². The fourth-order valence-corrected chi connectivity index (χ4v) is 2.14. The van der Waals surface area contributed by atoms with Crippen molar-refractivity contribution in [3.05, 3.63) is 0 Å². The van der Waals surface area contributed by atoms with Gasteiger partial charge in [0.15, 0.2) is 0 Å². The van der Waals surface area contributed by atoms with Crippen molar-refractivity contribution in [2.24, 2.45) is 21.7 Å². The molecule has 128 valence electrons. The van der Waals surface area contributed by atoms with Gasteiger partial charge in [-0.15, -0.1) is 0 Å². The number of rotatable bonds is 12. The van der Waals surface area contributed by atoms with Crippen LogP contribution in [0, 0.1) is 10.8 Å². The van der Waals surface area contributed by atoms with E-state index in [1.165, 1.54) is 0 Å². The van der Waals surface area contributed by atoms with Crippen molar-refractivity contribution in [3.8, 4) is 0 Å². The second kappa shape index (κ2) is 9.54. The van der Waals surface area contributed by atoms with Crippen molar-refractivity contribution >= 4 is 11.7 Å². The lowest BCUT2D eigenvalue weighted by Gasteiger charge is -2.27. The number of hydrogen-bond donors (Lipinski definition) is 4. The third-order valence-electron chi connectivity index (χ3n) is 4.19. The number of nitrogens with two attached hydrogens (primary N) is 2.